The molecule has 7 nitrogen and oxygen atoms in total. The first-order valence-electron chi connectivity index (χ1n) is 8.63. The van der Waals surface area contributed by atoms with Crippen LogP contribution in [-0.2, 0) is 14.8 Å². The van der Waals surface area contributed by atoms with Gasteiger partial charge in [0.1, 0.15) is 5.75 Å². The monoisotopic (exact) mass is 451 g/mol. The van der Waals surface area contributed by atoms with Gasteiger partial charge >= 0.3 is 0 Å². The molecule has 2 N–H and O–H groups in total. The zero-order valence-corrected chi connectivity index (χ0v) is 17.6. The molecule has 0 atom stereocenters. The van der Waals surface area contributed by atoms with Crippen molar-refractivity contribution >= 4 is 49.7 Å². The first-order chi connectivity index (χ1) is 13.9. The molecule has 29 heavy (non-hydrogen) atoms. The van der Waals surface area contributed by atoms with Gasteiger partial charge in [0.15, 0.2) is 5.13 Å². The van der Waals surface area contributed by atoms with E-state index in [-0.39, 0.29) is 17.2 Å². The fourth-order valence-electron chi connectivity index (χ4n) is 2.34. The van der Waals surface area contributed by atoms with Crippen LogP contribution in [0, 0.1) is 0 Å². The van der Waals surface area contributed by atoms with Gasteiger partial charge in [0.05, 0.1) is 11.5 Å². The lowest BCUT2D eigenvalue weighted by Crippen LogP contribution is -2.14. The van der Waals surface area contributed by atoms with E-state index in [4.69, 9.17) is 16.3 Å². The highest BCUT2D eigenvalue weighted by Crippen LogP contribution is 2.20. The molecule has 0 spiro atoms. The fourth-order valence-corrected chi connectivity index (χ4v) is 4.26. The molecule has 152 valence electrons. The van der Waals surface area contributed by atoms with Gasteiger partial charge < -0.3 is 10.1 Å². The number of sulfonamides is 1. The van der Waals surface area contributed by atoms with E-state index in [2.05, 4.69) is 15.0 Å². The summed E-state index contributed by atoms with van der Waals surface area (Å²) in [7, 11) is -3.71. The number of thiazole rings is 1. The van der Waals surface area contributed by atoms with Crippen LogP contribution in [0.15, 0.2) is 65.0 Å². The molecule has 0 radical (unpaired) electrons. The minimum Gasteiger partial charge on any atom is -0.494 e. The summed E-state index contributed by atoms with van der Waals surface area (Å²) in [6.45, 7) is 0.397. The Morgan fingerprint density at radius 1 is 1.10 bits per heavy atom. The molecule has 1 aromatic heterocycles. The van der Waals surface area contributed by atoms with Crippen molar-refractivity contribution in [1.29, 1.82) is 0 Å². The minimum absolute atomic E-state index is 0.0852. The Morgan fingerprint density at radius 3 is 2.48 bits per heavy atom. The normalized spacial score (nSPS) is 11.1. The van der Waals surface area contributed by atoms with E-state index in [9.17, 15) is 13.2 Å². The molecule has 0 fully saturated rings. The molecule has 0 bridgehead atoms. The predicted octanol–water partition coefficient (Wildman–Crippen LogP) is 4.40. The number of nitrogens with one attached hydrogen (secondary N) is 2. The van der Waals surface area contributed by atoms with Gasteiger partial charge in [0.2, 0.25) is 5.91 Å². The Balaban J connectivity index is 1.45. The lowest BCUT2D eigenvalue weighted by Gasteiger charge is -2.09. The number of carbonyl (C=O) groups is 1. The second-order valence-corrected chi connectivity index (χ2v) is 8.93. The molecule has 0 aliphatic heterocycles. The summed E-state index contributed by atoms with van der Waals surface area (Å²) in [5.41, 5.74) is 0.516. The summed E-state index contributed by atoms with van der Waals surface area (Å²) < 4.78 is 32.5. The molecule has 0 saturated carbocycles. The second-order valence-electron chi connectivity index (χ2n) is 5.92. The number of rotatable bonds is 9. The summed E-state index contributed by atoms with van der Waals surface area (Å²) in [4.78, 5) is 16.0. The van der Waals surface area contributed by atoms with Gasteiger partial charge in [0.25, 0.3) is 10.0 Å². The Labute approximate surface area is 177 Å². The predicted molar refractivity (Wildman–Crippen MR) is 114 cm³/mol. The van der Waals surface area contributed by atoms with E-state index in [1.165, 1.54) is 29.7 Å². The SMILES string of the molecule is O=C(CCCOc1ccc(Cl)cc1)Nc1ccc(S(=O)(=O)Nc2nccs2)cc1. The van der Waals surface area contributed by atoms with Crippen molar-refractivity contribution in [2.75, 3.05) is 16.6 Å². The summed E-state index contributed by atoms with van der Waals surface area (Å²) in [6, 6.07) is 12.9. The van der Waals surface area contributed by atoms with Crippen LogP contribution in [0.4, 0.5) is 10.8 Å². The number of aromatic nitrogens is 1. The third-order valence-corrected chi connectivity index (χ3v) is 6.16. The van der Waals surface area contributed by atoms with E-state index in [1.807, 2.05) is 0 Å². The molecular weight excluding hydrogens is 434 g/mol. The molecule has 10 heteroatoms. The zero-order chi connectivity index (χ0) is 20.7. The van der Waals surface area contributed by atoms with Crippen molar-refractivity contribution in [1.82, 2.24) is 4.98 Å². The second kappa shape index (κ2) is 9.73. The minimum atomic E-state index is -3.71. The van der Waals surface area contributed by atoms with Crippen LogP contribution in [0.5, 0.6) is 5.75 Å². The number of hydrogen-bond donors (Lipinski definition) is 2. The number of anilines is 2. The smallest absolute Gasteiger partial charge is 0.263 e. The number of nitrogens with zero attached hydrogens (tertiary/aromatic N) is 1. The molecule has 0 aliphatic rings. The standard InChI is InChI=1S/C19H18ClN3O4S2/c20-14-3-7-16(8-4-14)27-12-1-2-18(24)22-15-5-9-17(10-6-15)29(25,26)23-19-21-11-13-28-19/h3-11,13H,1-2,12H2,(H,21,23)(H,22,24). The van der Waals surface area contributed by atoms with Gasteiger partial charge in [-0.15, -0.1) is 11.3 Å². The molecule has 1 amide bonds. The summed E-state index contributed by atoms with van der Waals surface area (Å²) >= 11 is 7.00. The van der Waals surface area contributed by atoms with Gasteiger partial charge in [-0.1, -0.05) is 11.6 Å². The highest BCUT2D eigenvalue weighted by Gasteiger charge is 2.15. The number of carbonyl (C=O) groups excluding carboxylic acids is 1. The molecule has 0 unspecified atom stereocenters. The largest absolute Gasteiger partial charge is 0.494 e. The van der Waals surface area contributed by atoms with Crippen molar-refractivity contribution in [3.05, 3.63) is 65.1 Å². The van der Waals surface area contributed by atoms with Crippen molar-refractivity contribution < 1.29 is 17.9 Å². The molecule has 1 heterocycles. The lowest BCUT2D eigenvalue weighted by atomic mass is 10.2. The molecule has 3 rings (SSSR count). The maximum Gasteiger partial charge on any atom is 0.263 e. The van der Waals surface area contributed by atoms with Crippen LogP contribution in [0.2, 0.25) is 5.02 Å². The third-order valence-electron chi connectivity index (χ3n) is 3.73. The molecule has 2 aromatic carbocycles. The van der Waals surface area contributed by atoms with Gasteiger partial charge in [0, 0.05) is 28.7 Å². The Kier molecular flexibility index (Phi) is 7.08. The number of ether oxygens (including phenoxy) is 1. The van der Waals surface area contributed by atoms with Gasteiger partial charge in [-0.05, 0) is 55.0 Å². The first kappa shape index (κ1) is 21.1. The van der Waals surface area contributed by atoms with Gasteiger partial charge in [-0.25, -0.2) is 13.4 Å². The van der Waals surface area contributed by atoms with Crippen LogP contribution in [-0.4, -0.2) is 25.9 Å². The molecule has 0 saturated heterocycles. The van der Waals surface area contributed by atoms with Crippen LogP contribution < -0.4 is 14.8 Å². The van der Waals surface area contributed by atoms with Crippen molar-refractivity contribution in [2.24, 2.45) is 0 Å². The van der Waals surface area contributed by atoms with Crippen molar-refractivity contribution in [3.8, 4) is 5.75 Å². The van der Waals surface area contributed by atoms with Crippen molar-refractivity contribution in [2.45, 2.75) is 17.7 Å². The molecule has 3 aromatic rings. The maximum atomic E-state index is 12.3. The van der Waals surface area contributed by atoms with E-state index < -0.39 is 10.0 Å². The quantitative estimate of drug-likeness (QED) is 0.470. The van der Waals surface area contributed by atoms with E-state index >= 15 is 0 Å². The lowest BCUT2D eigenvalue weighted by molar-refractivity contribution is -0.116. The topological polar surface area (TPSA) is 97.4 Å². The van der Waals surface area contributed by atoms with Gasteiger partial charge in [-0.3, -0.25) is 9.52 Å². The van der Waals surface area contributed by atoms with Crippen molar-refractivity contribution in [3.63, 3.8) is 0 Å². The highest BCUT2D eigenvalue weighted by atomic mass is 35.5. The van der Waals surface area contributed by atoms with Crippen LogP contribution in [0.25, 0.3) is 0 Å². The Morgan fingerprint density at radius 2 is 1.83 bits per heavy atom. The summed E-state index contributed by atoms with van der Waals surface area (Å²) in [5, 5.41) is 5.34. The van der Waals surface area contributed by atoms with Crippen LogP contribution in [0.1, 0.15) is 12.8 Å². The molecule has 0 aliphatic carbocycles. The van der Waals surface area contributed by atoms with E-state index in [1.54, 1.807) is 41.8 Å². The number of benzene rings is 2. The van der Waals surface area contributed by atoms with Gasteiger partial charge in [-0.2, -0.15) is 0 Å². The highest BCUT2D eigenvalue weighted by molar-refractivity contribution is 7.93. The third kappa shape index (κ3) is 6.45. The summed E-state index contributed by atoms with van der Waals surface area (Å²) in [5.74, 6) is 0.513. The maximum absolute atomic E-state index is 12.3. The fraction of sp³-hybridized carbons (Fsp3) is 0.158. The number of amides is 1. The first-order valence-corrected chi connectivity index (χ1v) is 11.4. The van der Waals surface area contributed by atoms with Crippen LogP contribution in [0.3, 0.4) is 0 Å². The average molecular weight is 452 g/mol. The number of hydrogen-bond acceptors (Lipinski definition) is 6. The zero-order valence-electron chi connectivity index (χ0n) is 15.2. The Hall–Kier alpha value is -2.62. The van der Waals surface area contributed by atoms with E-state index in [0.717, 1.165) is 0 Å². The molecular formula is C19H18ClN3O4S2. The average Bonchev–Trinajstić information content (AvgIpc) is 3.19. The van der Waals surface area contributed by atoms with Crippen LogP contribution >= 0.6 is 22.9 Å². The number of halogens is 1. The van der Waals surface area contributed by atoms with E-state index in [0.29, 0.717) is 34.6 Å². The summed E-state index contributed by atoms with van der Waals surface area (Å²) in [6.07, 6.45) is 2.33. The Bertz CT molecular complexity index is 1040.